The Kier molecular flexibility index (Phi) is 9.70. The van der Waals surface area contributed by atoms with E-state index < -0.39 is 17.7 Å². The molecule has 3 aromatic carbocycles. The first-order valence-corrected chi connectivity index (χ1v) is 11.4. The zero-order valence-electron chi connectivity index (χ0n) is 19.7. The molecular formula is C25H22Cl2N4O6. The predicted molar refractivity (Wildman–Crippen MR) is 141 cm³/mol. The van der Waals surface area contributed by atoms with Gasteiger partial charge >= 0.3 is 11.8 Å². The number of amides is 3. The lowest BCUT2D eigenvalue weighted by molar-refractivity contribution is -0.136. The van der Waals surface area contributed by atoms with Gasteiger partial charge in [0.05, 0.1) is 30.5 Å². The van der Waals surface area contributed by atoms with Crippen molar-refractivity contribution in [1.82, 2.24) is 5.43 Å². The fourth-order valence-corrected chi connectivity index (χ4v) is 3.17. The van der Waals surface area contributed by atoms with Crippen LogP contribution in [0.25, 0.3) is 0 Å². The number of hydrogen-bond donors (Lipinski definition) is 3. The fraction of sp³-hybridized carbons (Fsp3) is 0.120. The summed E-state index contributed by atoms with van der Waals surface area (Å²) in [6.45, 7) is -0.288. The van der Waals surface area contributed by atoms with Gasteiger partial charge in [-0.1, -0.05) is 23.2 Å². The third kappa shape index (κ3) is 8.13. The Bertz CT molecular complexity index is 1320. The molecule has 3 N–H and O–H groups in total. The molecular weight excluding hydrogens is 523 g/mol. The predicted octanol–water partition coefficient (Wildman–Crippen LogP) is 4.12. The number of carbonyl (C=O) groups excluding carboxylic acids is 3. The largest absolute Gasteiger partial charge is 0.497 e. The van der Waals surface area contributed by atoms with Gasteiger partial charge in [0.2, 0.25) is 0 Å². The van der Waals surface area contributed by atoms with Crippen LogP contribution in [0.2, 0.25) is 10.0 Å². The summed E-state index contributed by atoms with van der Waals surface area (Å²) in [5, 5.41) is 9.57. The summed E-state index contributed by atoms with van der Waals surface area (Å²) in [6, 6.07) is 16.0. The number of nitrogens with one attached hydrogen (secondary N) is 3. The molecule has 192 valence electrons. The van der Waals surface area contributed by atoms with Crippen LogP contribution in [0.3, 0.4) is 0 Å². The highest BCUT2D eigenvalue weighted by molar-refractivity contribution is 6.42. The van der Waals surface area contributed by atoms with E-state index in [1.165, 1.54) is 26.5 Å². The summed E-state index contributed by atoms with van der Waals surface area (Å²) in [7, 11) is 2.96. The number of methoxy groups -OCH3 is 2. The second-order valence-electron chi connectivity index (χ2n) is 7.26. The number of anilines is 2. The van der Waals surface area contributed by atoms with E-state index in [4.69, 9.17) is 37.4 Å². The molecule has 0 aliphatic carbocycles. The average molecular weight is 545 g/mol. The number of hydrazone groups is 1. The molecule has 0 saturated heterocycles. The first-order valence-electron chi connectivity index (χ1n) is 10.6. The van der Waals surface area contributed by atoms with Gasteiger partial charge in [-0.05, 0) is 66.2 Å². The summed E-state index contributed by atoms with van der Waals surface area (Å²) in [5.74, 6) is -0.997. The van der Waals surface area contributed by atoms with Crippen LogP contribution in [-0.4, -0.2) is 44.8 Å². The molecule has 0 radical (unpaired) electrons. The van der Waals surface area contributed by atoms with Gasteiger partial charge in [-0.2, -0.15) is 5.10 Å². The van der Waals surface area contributed by atoms with Gasteiger partial charge in [0.1, 0.15) is 5.75 Å². The summed E-state index contributed by atoms with van der Waals surface area (Å²) in [6.07, 6.45) is 1.32. The van der Waals surface area contributed by atoms with E-state index in [1.807, 2.05) is 0 Å². The van der Waals surface area contributed by atoms with Gasteiger partial charge in [0.25, 0.3) is 5.91 Å². The van der Waals surface area contributed by atoms with Crippen LogP contribution in [0.4, 0.5) is 11.4 Å². The van der Waals surface area contributed by atoms with Crippen LogP contribution in [0.5, 0.6) is 17.2 Å². The minimum atomic E-state index is -0.952. The molecule has 0 aliphatic rings. The third-order valence-corrected chi connectivity index (χ3v) is 5.42. The van der Waals surface area contributed by atoms with Gasteiger partial charge < -0.3 is 24.8 Å². The van der Waals surface area contributed by atoms with Crippen molar-refractivity contribution in [2.45, 2.75) is 0 Å². The molecule has 0 saturated carbocycles. The van der Waals surface area contributed by atoms with Crippen molar-refractivity contribution in [3.05, 3.63) is 76.3 Å². The standard InChI is InChI=1S/C25H22Cl2N4O6/c1-35-18-7-4-16(5-8-18)30-24(33)25(34)31-28-13-15-3-10-21(22(11-15)36-2)37-14-23(32)29-17-6-9-19(26)20(27)12-17/h3-13H,14H2,1-2H3,(H,29,32)(H,30,33)(H,31,34)/b28-13-. The number of benzene rings is 3. The summed E-state index contributed by atoms with van der Waals surface area (Å²) in [5.41, 5.74) is 3.59. The Morgan fingerprint density at radius 1 is 0.811 bits per heavy atom. The maximum absolute atomic E-state index is 12.2. The summed E-state index contributed by atoms with van der Waals surface area (Å²) in [4.78, 5) is 36.2. The highest BCUT2D eigenvalue weighted by Crippen LogP contribution is 2.28. The van der Waals surface area contributed by atoms with Crippen LogP contribution in [0.1, 0.15) is 5.56 Å². The maximum atomic E-state index is 12.2. The van der Waals surface area contributed by atoms with Gasteiger partial charge in [-0.25, -0.2) is 5.43 Å². The van der Waals surface area contributed by atoms with E-state index >= 15 is 0 Å². The lowest BCUT2D eigenvalue weighted by atomic mass is 10.2. The minimum absolute atomic E-state index is 0.288. The Morgan fingerprint density at radius 2 is 1.54 bits per heavy atom. The number of rotatable bonds is 9. The molecule has 0 aliphatic heterocycles. The van der Waals surface area contributed by atoms with Gasteiger partial charge in [0, 0.05) is 11.4 Å². The van der Waals surface area contributed by atoms with E-state index in [0.717, 1.165) is 0 Å². The zero-order valence-corrected chi connectivity index (χ0v) is 21.2. The SMILES string of the molecule is COc1ccc(NC(=O)C(=O)N/N=C\c2ccc(OCC(=O)Nc3ccc(Cl)c(Cl)c3)c(OC)c2)cc1. The van der Waals surface area contributed by atoms with Crippen molar-refractivity contribution < 1.29 is 28.6 Å². The first-order chi connectivity index (χ1) is 17.8. The average Bonchev–Trinajstić information content (AvgIpc) is 2.90. The zero-order chi connectivity index (χ0) is 26.8. The molecule has 0 unspecified atom stereocenters. The molecule has 0 spiro atoms. The molecule has 3 rings (SSSR count). The minimum Gasteiger partial charge on any atom is -0.497 e. The van der Waals surface area contributed by atoms with Crippen molar-refractivity contribution >= 4 is 58.5 Å². The molecule has 3 amide bonds. The monoisotopic (exact) mass is 544 g/mol. The fourth-order valence-electron chi connectivity index (χ4n) is 2.88. The molecule has 0 aromatic heterocycles. The molecule has 0 bridgehead atoms. The van der Waals surface area contributed by atoms with Crippen LogP contribution in [0.15, 0.2) is 65.8 Å². The molecule has 3 aromatic rings. The van der Waals surface area contributed by atoms with E-state index in [-0.39, 0.29) is 6.61 Å². The highest BCUT2D eigenvalue weighted by Gasteiger charge is 2.13. The molecule has 12 heteroatoms. The number of halogens is 2. The Balaban J connectivity index is 1.51. The Hall–Kier alpha value is -4.28. The van der Waals surface area contributed by atoms with Crippen molar-refractivity contribution in [2.24, 2.45) is 5.10 Å². The van der Waals surface area contributed by atoms with E-state index in [2.05, 4.69) is 21.2 Å². The number of carbonyl (C=O) groups is 3. The van der Waals surface area contributed by atoms with Crippen molar-refractivity contribution in [3.8, 4) is 17.2 Å². The van der Waals surface area contributed by atoms with E-state index in [0.29, 0.717) is 44.2 Å². The van der Waals surface area contributed by atoms with Crippen LogP contribution in [0, 0.1) is 0 Å². The topological polar surface area (TPSA) is 127 Å². The molecule has 10 nitrogen and oxygen atoms in total. The van der Waals surface area contributed by atoms with Crippen molar-refractivity contribution in [3.63, 3.8) is 0 Å². The lowest BCUT2D eigenvalue weighted by Gasteiger charge is -2.11. The van der Waals surface area contributed by atoms with E-state index in [1.54, 1.807) is 54.6 Å². The molecule has 0 fully saturated rings. The maximum Gasteiger partial charge on any atom is 0.329 e. The number of nitrogens with zero attached hydrogens (tertiary/aromatic N) is 1. The van der Waals surface area contributed by atoms with Crippen LogP contribution in [-0.2, 0) is 14.4 Å². The van der Waals surface area contributed by atoms with E-state index in [9.17, 15) is 14.4 Å². The lowest BCUT2D eigenvalue weighted by Crippen LogP contribution is -2.32. The van der Waals surface area contributed by atoms with Crippen molar-refractivity contribution in [2.75, 3.05) is 31.5 Å². The first kappa shape index (κ1) is 27.3. The second kappa shape index (κ2) is 13.1. The smallest absolute Gasteiger partial charge is 0.329 e. The van der Waals surface area contributed by atoms with Crippen LogP contribution < -0.4 is 30.3 Å². The second-order valence-corrected chi connectivity index (χ2v) is 8.07. The number of hydrogen-bond acceptors (Lipinski definition) is 7. The molecule has 0 heterocycles. The highest BCUT2D eigenvalue weighted by atomic mass is 35.5. The third-order valence-electron chi connectivity index (χ3n) is 4.68. The molecule has 37 heavy (non-hydrogen) atoms. The van der Waals surface area contributed by atoms with Gasteiger partial charge in [-0.15, -0.1) is 0 Å². The van der Waals surface area contributed by atoms with Crippen molar-refractivity contribution in [1.29, 1.82) is 0 Å². The summed E-state index contributed by atoms with van der Waals surface area (Å²) < 4.78 is 15.9. The number of ether oxygens (including phenoxy) is 3. The van der Waals surface area contributed by atoms with Crippen LogP contribution >= 0.6 is 23.2 Å². The molecule has 0 atom stereocenters. The van der Waals surface area contributed by atoms with Gasteiger partial charge in [-0.3, -0.25) is 14.4 Å². The Morgan fingerprint density at radius 3 is 2.22 bits per heavy atom. The summed E-state index contributed by atoms with van der Waals surface area (Å²) >= 11 is 11.8. The normalized spacial score (nSPS) is 10.5. The Labute approximate surface area is 222 Å². The van der Waals surface area contributed by atoms with Gasteiger partial charge in [0.15, 0.2) is 18.1 Å². The quantitative estimate of drug-likeness (QED) is 0.211.